The Balaban J connectivity index is 1.50. The van der Waals surface area contributed by atoms with Crippen LogP contribution in [-0.2, 0) is 14.4 Å². The highest BCUT2D eigenvalue weighted by Gasteiger charge is 2.31. The molecule has 2 aliphatic rings. The van der Waals surface area contributed by atoms with E-state index in [1.165, 1.54) is 12.5 Å². The van der Waals surface area contributed by atoms with Gasteiger partial charge in [0.05, 0.1) is 10.0 Å². The number of hydrogen-bond acceptors (Lipinski definition) is 4. The van der Waals surface area contributed by atoms with Crippen molar-refractivity contribution in [3.8, 4) is 0 Å². The van der Waals surface area contributed by atoms with Crippen molar-refractivity contribution in [2.24, 2.45) is 11.8 Å². The molecule has 180 valence electrons. The Kier molecular flexibility index (Phi) is 9.53. The van der Waals surface area contributed by atoms with E-state index in [0.717, 1.165) is 25.7 Å². The summed E-state index contributed by atoms with van der Waals surface area (Å²) in [5.41, 5.74) is 0.625. The average molecular weight is 513 g/mol. The minimum absolute atomic E-state index is 0.170. The number of rotatable bonds is 7. The number of carbonyl (C=O) groups excluding carboxylic acids is 2. The van der Waals surface area contributed by atoms with Crippen LogP contribution < -0.4 is 5.32 Å². The van der Waals surface area contributed by atoms with Crippen LogP contribution in [0.15, 0.2) is 23.1 Å². The van der Waals surface area contributed by atoms with Gasteiger partial charge in [-0.05, 0) is 42.9 Å². The number of thiol groups is 1. The van der Waals surface area contributed by atoms with Gasteiger partial charge < -0.3 is 15.3 Å². The fourth-order valence-electron chi connectivity index (χ4n) is 4.58. The molecular weight excluding hydrogens is 483 g/mol. The predicted molar refractivity (Wildman–Crippen MR) is 133 cm³/mol. The molecule has 1 aliphatic carbocycles. The topological polar surface area (TPSA) is 86.7 Å². The number of likely N-dealkylation sites (tertiary alicyclic amines) is 1. The molecule has 1 saturated heterocycles. The van der Waals surface area contributed by atoms with Crippen LogP contribution in [0, 0.1) is 11.8 Å². The molecule has 33 heavy (non-hydrogen) atoms. The van der Waals surface area contributed by atoms with Crippen molar-refractivity contribution in [1.29, 1.82) is 0 Å². The van der Waals surface area contributed by atoms with Crippen molar-refractivity contribution in [2.45, 2.75) is 62.3 Å². The molecule has 0 unspecified atom stereocenters. The smallest absolute Gasteiger partial charge is 0.326 e. The number of halogens is 2. The number of amides is 2. The zero-order valence-electron chi connectivity index (χ0n) is 18.4. The second-order valence-corrected chi connectivity index (χ2v) is 10.1. The Labute approximate surface area is 210 Å². The van der Waals surface area contributed by atoms with Crippen LogP contribution in [0.3, 0.4) is 0 Å². The summed E-state index contributed by atoms with van der Waals surface area (Å²) in [5, 5.41) is 13.0. The van der Waals surface area contributed by atoms with E-state index in [-0.39, 0.29) is 17.7 Å². The summed E-state index contributed by atoms with van der Waals surface area (Å²) in [7, 11) is 0. The lowest BCUT2D eigenvalue weighted by Gasteiger charge is -2.32. The Morgan fingerprint density at radius 1 is 1.09 bits per heavy atom. The van der Waals surface area contributed by atoms with E-state index in [9.17, 15) is 19.5 Å². The maximum atomic E-state index is 12.7. The Morgan fingerprint density at radius 3 is 2.39 bits per heavy atom. The van der Waals surface area contributed by atoms with Gasteiger partial charge in [0.2, 0.25) is 11.8 Å². The summed E-state index contributed by atoms with van der Waals surface area (Å²) >= 11 is 16.5. The van der Waals surface area contributed by atoms with Crippen LogP contribution in [0.4, 0.5) is 0 Å². The third kappa shape index (κ3) is 7.14. The van der Waals surface area contributed by atoms with Crippen molar-refractivity contribution < 1.29 is 19.5 Å². The number of hydrogen-bond donors (Lipinski definition) is 3. The van der Waals surface area contributed by atoms with Crippen molar-refractivity contribution in [1.82, 2.24) is 10.2 Å². The first-order valence-corrected chi connectivity index (χ1v) is 12.6. The van der Waals surface area contributed by atoms with Crippen LogP contribution in [0.1, 0.15) is 56.9 Å². The molecule has 9 heteroatoms. The molecule has 1 aromatic rings. The molecule has 2 fully saturated rings. The number of carboxylic acid groups (broad SMARTS) is 1. The summed E-state index contributed by atoms with van der Waals surface area (Å²) < 4.78 is 0. The van der Waals surface area contributed by atoms with Gasteiger partial charge in [-0.15, -0.1) is 12.6 Å². The van der Waals surface area contributed by atoms with Crippen molar-refractivity contribution >= 4 is 59.7 Å². The summed E-state index contributed by atoms with van der Waals surface area (Å²) in [6.07, 6.45) is 10.1. The molecular formula is C24H30Cl2N2O4S. The third-order valence-electron chi connectivity index (χ3n) is 6.58. The second kappa shape index (κ2) is 12.1. The summed E-state index contributed by atoms with van der Waals surface area (Å²) in [5.74, 6) is -1.30. The van der Waals surface area contributed by atoms with Crippen LogP contribution >= 0.6 is 35.8 Å². The zero-order valence-corrected chi connectivity index (χ0v) is 20.8. The van der Waals surface area contributed by atoms with E-state index in [1.54, 1.807) is 23.1 Å². The number of aliphatic carboxylic acids is 1. The van der Waals surface area contributed by atoms with Crippen LogP contribution in [0.25, 0.3) is 6.08 Å². The Morgan fingerprint density at radius 2 is 1.76 bits per heavy atom. The highest BCUT2D eigenvalue weighted by atomic mass is 35.5. The summed E-state index contributed by atoms with van der Waals surface area (Å²) in [4.78, 5) is 39.2. The largest absolute Gasteiger partial charge is 0.480 e. The first kappa shape index (κ1) is 25.9. The molecule has 0 radical (unpaired) electrons. The molecule has 2 N–H and O–H groups in total. The molecule has 0 aromatic heterocycles. The monoisotopic (exact) mass is 512 g/mol. The summed E-state index contributed by atoms with van der Waals surface area (Å²) in [6, 6.07) is 2.61. The van der Waals surface area contributed by atoms with E-state index in [1.807, 2.05) is 0 Å². The fraction of sp³-hybridized carbons (Fsp3) is 0.542. The highest BCUT2D eigenvalue weighted by molar-refractivity contribution is 7.80. The second-order valence-electron chi connectivity index (χ2n) is 8.87. The molecule has 2 amide bonds. The average Bonchev–Trinajstić information content (AvgIpc) is 2.82. The molecule has 0 spiro atoms. The van der Waals surface area contributed by atoms with Crippen LogP contribution in [0.2, 0.25) is 10.0 Å². The van der Waals surface area contributed by atoms with Gasteiger partial charge in [0, 0.05) is 30.0 Å². The third-order valence-corrected chi connectivity index (χ3v) is 7.98. The SMILES string of the molecule is O=C(N[C@@H](CC1CCCCC1)C(=O)O)C1CCN(C(=O)/C=C/c2ccc(S)c(Cl)c2Cl)CC1. The minimum Gasteiger partial charge on any atom is -0.480 e. The lowest BCUT2D eigenvalue weighted by molar-refractivity contribution is -0.143. The van der Waals surface area contributed by atoms with Crippen LogP contribution in [0.5, 0.6) is 0 Å². The summed E-state index contributed by atoms with van der Waals surface area (Å²) in [6.45, 7) is 0.872. The standard InChI is InChI=1S/C24H30Cl2N2O4S/c25-21-16(6-8-19(33)22(21)26)7-9-20(29)28-12-10-17(11-13-28)23(30)27-18(24(31)32)14-15-4-2-1-3-5-15/h6-9,15,17-18,33H,1-5,10-14H2,(H,27,30)(H,31,32)/b9-7+/t18-/m0/s1. The van der Waals surface area contributed by atoms with Crippen molar-refractivity contribution in [3.05, 3.63) is 33.8 Å². The normalized spacial score (nSPS) is 18.9. The first-order valence-electron chi connectivity index (χ1n) is 11.4. The lowest BCUT2D eigenvalue weighted by Crippen LogP contribution is -2.48. The van der Waals surface area contributed by atoms with Gasteiger partial charge in [0.1, 0.15) is 6.04 Å². The number of nitrogens with one attached hydrogen (secondary N) is 1. The molecule has 1 aliphatic heterocycles. The molecule has 1 aromatic carbocycles. The van der Waals surface area contributed by atoms with Gasteiger partial charge in [0.25, 0.3) is 0 Å². The number of piperidine rings is 1. The van der Waals surface area contributed by atoms with E-state index >= 15 is 0 Å². The van der Waals surface area contributed by atoms with Gasteiger partial charge in [-0.3, -0.25) is 9.59 Å². The van der Waals surface area contributed by atoms with Gasteiger partial charge in [0.15, 0.2) is 0 Å². The van der Waals surface area contributed by atoms with Gasteiger partial charge >= 0.3 is 5.97 Å². The molecule has 0 bridgehead atoms. The molecule has 1 heterocycles. The van der Waals surface area contributed by atoms with Gasteiger partial charge in [-0.2, -0.15) is 0 Å². The molecule has 1 atom stereocenters. The minimum atomic E-state index is -0.976. The lowest BCUT2D eigenvalue weighted by atomic mass is 9.84. The number of nitrogens with zero attached hydrogens (tertiary/aromatic N) is 1. The van der Waals surface area contributed by atoms with Crippen LogP contribution in [-0.4, -0.2) is 46.9 Å². The maximum absolute atomic E-state index is 12.7. The zero-order chi connectivity index (χ0) is 24.0. The predicted octanol–water partition coefficient (Wildman–Crippen LogP) is 5.07. The Hall–Kier alpha value is -1.70. The van der Waals surface area contributed by atoms with Crippen molar-refractivity contribution in [2.75, 3.05) is 13.1 Å². The molecule has 1 saturated carbocycles. The maximum Gasteiger partial charge on any atom is 0.326 e. The van der Waals surface area contributed by atoms with Crippen molar-refractivity contribution in [3.63, 3.8) is 0 Å². The van der Waals surface area contributed by atoms with Gasteiger partial charge in [-0.25, -0.2) is 4.79 Å². The highest BCUT2D eigenvalue weighted by Crippen LogP contribution is 2.32. The quantitative estimate of drug-likeness (QED) is 0.351. The Bertz CT molecular complexity index is 910. The van der Waals surface area contributed by atoms with E-state index in [4.69, 9.17) is 23.2 Å². The number of carboxylic acids is 1. The van der Waals surface area contributed by atoms with E-state index in [0.29, 0.717) is 58.8 Å². The van der Waals surface area contributed by atoms with E-state index in [2.05, 4.69) is 17.9 Å². The van der Waals surface area contributed by atoms with Gasteiger partial charge in [-0.1, -0.05) is 61.4 Å². The molecule has 3 rings (SSSR count). The fourth-order valence-corrected chi connectivity index (χ4v) is 5.23. The first-order chi connectivity index (χ1) is 15.8. The molecule has 6 nitrogen and oxygen atoms in total. The number of benzene rings is 1. The van der Waals surface area contributed by atoms with E-state index < -0.39 is 12.0 Å². The number of carbonyl (C=O) groups is 3.